The molecule has 5 nitrogen and oxygen atoms in total. The lowest BCUT2D eigenvalue weighted by Crippen LogP contribution is -2.27. The topological polar surface area (TPSA) is 63.4 Å². The van der Waals surface area contributed by atoms with Crippen molar-refractivity contribution in [2.75, 3.05) is 19.3 Å². The minimum atomic E-state index is -3.14. The summed E-state index contributed by atoms with van der Waals surface area (Å²) >= 11 is 6.14. The normalized spacial score (nSPS) is 19.6. The van der Waals surface area contributed by atoms with Gasteiger partial charge in [-0.1, -0.05) is 29.8 Å². The van der Waals surface area contributed by atoms with E-state index >= 15 is 0 Å². The lowest BCUT2D eigenvalue weighted by molar-refractivity contribution is 0.418. The summed E-state index contributed by atoms with van der Waals surface area (Å²) in [6.45, 7) is 0.955. The summed E-state index contributed by atoms with van der Waals surface area (Å²) in [7, 11) is -3.14. The second-order valence-electron chi connectivity index (χ2n) is 5.54. The molecule has 1 aromatic heterocycles. The van der Waals surface area contributed by atoms with E-state index in [1.54, 1.807) is 6.20 Å². The van der Waals surface area contributed by atoms with Crippen molar-refractivity contribution >= 4 is 21.6 Å². The van der Waals surface area contributed by atoms with Crippen LogP contribution in [0.3, 0.4) is 0 Å². The molecular formula is C15H17ClN2O3S. The molecule has 1 atom stereocenters. The van der Waals surface area contributed by atoms with Gasteiger partial charge in [0.05, 0.1) is 18.4 Å². The molecule has 0 unspecified atom stereocenters. The molecule has 0 saturated carbocycles. The first-order valence-corrected chi connectivity index (χ1v) is 9.29. The van der Waals surface area contributed by atoms with Crippen LogP contribution in [0.5, 0.6) is 0 Å². The largest absolute Gasteiger partial charge is 0.445 e. The number of benzene rings is 1. The molecule has 1 saturated heterocycles. The van der Waals surface area contributed by atoms with E-state index in [1.807, 2.05) is 24.3 Å². The molecule has 1 aliphatic rings. The Kier molecular flexibility index (Phi) is 4.25. The summed E-state index contributed by atoms with van der Waals surface area (Å²) < 4.78 is 30.4. The molecule has 0 bridgehead atoms. The van der Waals surface area contributed by atoms with Crippen LogP contribution in [0.15, 0.2) is 34.9 Å². The highest BCUT2D eigenvalue weighted by atomic mass is 35.5. The molecule has 2 aromatic rings. The van der Waals surface area contributed by atoms with Crippen molar-refractivity contribution < 1.29 is 12.8 Å². The minimum absolute atomic E-state index is 0.0229. The number of nitrogens with zero attached hydrogens (tertiary/aromatic N) is 2. The Labute approximate surface area is 135 Å². The quantitative estimate of drug-likeness (QED) is 0.858. The molecule has 1 aromatic carbocycles. The van der Waals surface area contributed by atoms with Gasteiger partial charge in [0.25, 0.3) is 0 Å². The first-order chi connectivity index (χ1) is 10.4. The predicted octanol–water partition coefficient (Wildman–Crippen LogP) is 2.67. The van der Waals surface area contributed by atoms with Crippen molar-refractivity contribution in [1.82, 2.24) is 9.29 Å². The molecule has 2 heterocycles. The average molecular weight is 341 g/mol. The summed E-state index contributed by atoms with van der Waals surface area (Å²) in [4.78, 5) is 4.31. The third-order valence-electron chi connectivity index (χ3n) is 3.86. The van der Waals surface area contributed by atoms with Gasteiger partial charge in [-0.2, -0.15) is 0 Å². The Balaban J connectivity index is 1.71. The van der Waals surface area contributed by atoms with Crippen LogP contribution in [0.2, 0.25) is 5.02 Å². The van der Waals surface area contributed by atoms with Crippen LogP contribution >= 0.6 is 11.6 Å². The van der Waals surface area contributed by atoms with Gasteiger partial charge in [-0.05, 0) is 18.1 Å². The fourth-order valence-corrected chi connectivity index (χ4v) is 3.74. The van der Waals surface area contributed by atoms with Crippen molar-refractivity contribution in [1.29, 1.82) is 0 Å². The van der Waals surface area contributed by atoms with E-state index in [2.05, 4.69) is 4.98 Å². The summed E-state index contributed by atoms with van der Waals surface area (Å²) in [6, 6.07) is 7.61. The highest BCUT2D eigenvalue weighted by Gasteiger charge is 2.32. The van der Waals surface area contributed by atoms with Gasteiger partial charge in [-0.3, -0.25) is 0 Å². The first kappa shape index (κ1) is 15.5. The lowest BCUT2D eigenvalue weighted by Gasteiger charge is -2.11. The molecule has 3 rings (SSSR count). The second kappa shape index (κ2) is 6.02. The summed E-state index contributed by atoms with van der Waals surface area (Å²) in [5.74, 6) is 1.36. The number of rotatable bonds is 4. The summed E-state index contributed by atoms with van der Waals surface area (Å²) in [5.41, 5.74) is 0.982. The zero-order valence-corrected chi connectivity index (χ0v) is 13.8. The van der Waals surface area contributed by atoms with E-state index in [4.69, 9.17) is 16.0 Å². The Morgan fingerprint density at radius 2 is 2.18 bits per heavy atom. The summed E-state index contributed by atoms with van der Waals surface area (Å²) in [6.07, 6.45) is 4.24. The molecule has 22 heavy (non-hydrogen) atoms. The number of hydrogen-bond acceptors (Lipinski definition) is 4. The zero-order chi connectivity index (χ0) is 15.7. The maximum absolute atomic E-state index is 11.6. The average Bonchev–Trinajstić information content (AvgIpc) is 3.09. The molecule has 1 fully saturated rings. The van der Waals surface area contributed by atoms with Crippen LogP contribution in [-0.2, 0) is 16.4 Å². The molecular weight excluding hydrogens is 324 g/mol. The summed E-state index contributed by atoms with van der Waals surface area (Å²) in [5, 5.41) is 0.699. The van der Waals surface area contributed by atoms with E-state index in [0.717, 1.165) is 17.7 Å². The van der Waals surface area contributed by atoms with Crippen LogP contribution in [-0.4, -0.2) is 37.1 Å². The molecule has 0 amide bonds. The van der Waals surface area contributed by atoms with Gasteiger partial charge in [-0.15, -0.1) is 0 Å². The van der Waals surface area contributed by atoms with E-state index in [9.17, 15) is 8.42 Å². The van der Waals surface area contributed by atoms with Crippen LogP contribution in [0.4, 0.5) is 0 Å². The standard InChI is InChI=1S/C15H17ClN2O3S/c1-22(19,20)18-7-6-12(10-18)15-17-9-13(21-15)8-11-4-2-3-5-14(11)16/h2-5,9,12H,6-8,10H2,1H3/t12-/m1/s1. The second-order valence-corrected chi connectivity index (χ2v) is 7.93. The monoisotopic (exact) mass is 340 g/mol. The fourth-order valence-electron chi connectivity index (χ4n) is 2.65. The van der Waals surface area contributed by atoms with Crippen molar-refractivity contribution in [2.45, 2.75) is 18.8 Å². The van der Waals surface area contributed by atoms with Crippen LogP contribution in [0, 0.1) is 0 Å². The number of halogens is 1. The van der Waals surface area contributed by atoms with Gasteiger partial charge in [0, 0.05) is 24.5 Å². The number of oxazole rings is 1. The predicted molar refractivity (Wildman–Crippen MR) is 84.5 cm³/mol. The molecule has 0 radical (unpaired) electrons. The highest BCUT2D eigenvalue weighted by molar-refractivity contribution is 7.88. The smallest absolute Gasteiger partial charge is 0.211 e. The maximum Gasteiger partial charge on any atom is 0.211 e. The first-order valence-electron chi connectivity index (χ1n) is 7.06. The third kappa shape index (κ3) is 3.34. The van der Waals surface area contributed by atoms with E-state index < -0.39 is 10.0 Å². The molecule has 7 heteroatoms. The Bertz CT molecular complexity index is 773. The fraction of sp³-hybridized carbons (Fsp3) is 0.400. The molecule has 118 valence electrons. The van der Waals surface area contributed by atoms with Crippen LogP contribution in [0.25, 0.3) is 0 Å². The third-order valence-corrected chi connectivity index (χ3v) is 5.50. The molecule has 0 N–H and O–H groups in total. The Hall–Kier alpha value is -1.37. The van der Waals surface area contributed by atoms with Crippen molar-refractivity contribution in [3.05, 3.63) is 52.7 Å². The molecule has 0 aliphatic carbocycles. The van der Waals surface area contributed by atoms with E-state index in [0.29, 0.717) is 30.4 Å². The highest BCUT2D eigenvalue weighted by Crippen LogP contribution is 2.29. The molecule has 0 spiro atoms. The van der Waals surface area contributed by atoms with Crippen molar-refractivity contribution in [3.8, 4) is 0 Å². The van der Waals surface area contributed by atoms with Gasteiger partial charge in [0.15, 0.2) is 5.89 Å². The number of hydrogen-bond donors (Lipinski definition) is 0. The van der Waals surface area contributed by atoms with Crippen molar-refractivity contribution in [3.63, 3.8) is 0 Å². The van der Waals surface area contributed by atoms with Gasteiger partial charge < -0.3 is 4.42 Å². The maximum atomic E-state index is 11.6. The van der Waals surface area contributed by atoms with Gasteiger partial charge >= 0.3 is 0 Å². The van der Waals surface area contributed by atoms with Gasteiger partial charge in [0.1, 0.15) is 5.76 Å². The van der Waals surface area contributed by atoms with E-state index in [1.165, 1.54) is 10.6 Å². The lowest BCUT2D eigenvalue weighted by atomic mass is 10.1. The van der Waals surface area contributed by atoms with Crippen molar-refractivity contribution in [2.24, 2.45) is 0 Å². The Morgan fingerprint density at radius 3 is 2.86 bits per heavy atom. The Morgan fingerprint density at radius 1 is 1.41 bits per heavy atom. The zero-order valence-electron chi connectivity index (χ0n) is 12.2. The number of aromatic nitrogens is 1. The van der Waals surface area contributed by atoms with Crippen LogP contribution in [0.1, 0.15) is 29.6 Å². The molecule has 1 aliphatic heterocycles. The van der Waals surface area contributed by atoms with Crippen LogP contribution < -0.4 is 0 Å². The SMILES string of the molecule is CS(=O)(=O)N1CC[C@@H](c2ncc(Cc3ccccc3Cl)o2)C1. The van der Waals surface area contributed by atoms with E-state index in [-0.39, 0.29) is 5.92 Å². The van der Waals surface area contributed by atoms with Gasteiger partial charge in [0.2, 0.25) is 10.0 Å². The minimum Gasteiger partial charge on any atom is -0.445 e. The van der Waals surface area contributed by atoms with Gasteiger partial charge in [-0.25, -0.2) is 17.7 Å². The number of sulfonamides is 1.